The molecule has 0 aliphatic rings. The molecule has 0 aliphatic heterocycles. The van der Waals surface area contributed by atoms with Gasteiger partial charge < -0.3 is 5.32 Å². The maximum atomic E-state index is 6.25. The van der Waals surface area contributed by atoms with Crippen molar-refractivity contribution in [2.75, 3.05) is 11.6 Å². The van der Waals surface area contributed by atoms with E-state index in [-0.39, 0.29) is 0 Å². The van der Waals surface area contributed by atoms with Crippen LogP contribution >= 0.6 is 23.4 Å². The van der Waals surface area contributed by atoms with Crippen LogP contribution in [0.3, 0.4) is 0 Å². The van der Waals surface area contributed by atoms with Crippen molar-refractivity contribution >= 4 is 45.8 Å². The first-order chi connectivity index (χ1) is 9.78. The number of aromatic nitrogens is 2. The van der Waals surface area contributed by atoms with Crippen LogP contribution < -0.4 is 5.32 Å². The Hall–Kier alpha value is -1.78. The van der Waals surface area contributed by atoms with Crippen molar-refractivity contribution in [2.45, 2.75) is 4.90 Å². The third kappa shape index (κ3) is 2.57. The number of rotatable bonds is 3. The molecule has 2 aromatic carbocycles. The minimum Gasteiger partial charge on any atom is -0.355 e. The molecule has 0 bridgehead atoms. The fourth-order valence-corrected chi connectivity index (χ4v) is 2.82. The average molecular weight is 302 g/mol. The highest BCUT2D eigenvalue weighted by Gasteiger charge is 2.06. The molecule has 0 radical (unpaired) electrons. The third-order valence-corrected chi connectivity index (χ3v) is 4.00. The van der Waals surface area contributed by atoms with Crippen LogP contribution in [-0.2, 0) is 0 Å². The number of hydrogen-bond donors (Lipinski definition) is 1. The Morgan fingerprint density at radius 2 is 1.90 bits per heavy atom. The van der Waals surface area contributed by atoms with Gasteiger partial charge in [0.2, 0.25) is 0 Å². The van der Waals surface area contributed by atoms with Gasteiger partial charge in [0.15, 0.2) is 0 Å². The number of halogens is 1. The molecule has 1 N–H and O–H groups in total. The minimum atomic E-state index is 0.597. The second kappa shape index (κ2) is 5.69. The number of nitrogens with one attached hydrogen (secondary N) is 1. The fourth-order valence-electron chi connectivity index (χ4n) is 2.01. The SMILES string of the molecule is CSc1ccccc1Nc1cc(Cl)c2nccnc2c1. The maximum Gasteiger partial charge on any atom is 0.107 e. The second-order valence-electron chi connectivity index (χ2n) is 4.21. The van der Waals surface area contributed by atoms with E-state index in [1.807, 2.05) is 30.3 Å². The van der Waals surface area contributed by atoms with Crippen molar-refractivity contribution in [3.63, 3.8) is 0 Å². The summed E-state index contributed by atoms with van der Waals surface area (Å²) >= 11 is 7.95. The molecule has 0 amide bonds. The number of fused-ring (bicyclic) bond motifs is 1. The molecule has 0 saturated heterocycles. The summed E-state index contributed by atoms with van der Waals surface area (Å²) in [4.78, 5) is 9.71. The Kier molecular flexibility index (Phi) is 3.76. The van der Waals surface area contributed by atoms with Crippen LogP contribution in [0.2, 0.25) is 5.02 Å². The van der Waals surface area contributed by atoms with Crippen molar-refractivity contribution in [3.8, 4) is 0 Å². The summed E-state index contributed by atoms with van der Waals surface area (Å²) in [5, 5.41) is 3.98. The van der Waals surface area contributed by atoms with Gasteiger partial charge in [-0.15, -0.1) is 11.8 Å². The van der Waals surface area contributed by atoms with Crippen LogP contribution in [0.5, 0.6) is 0 Å². The van der Waals surface area contributed by atoms with Gasteiger partial charge in [-0.05, 0) is 30.5 Å². The average Bonchev–Trinajstić information content (AvgIpc) is 2.48. The minimum absolute atomic E-state index is 0.597. The highest BCUT2D eigenvalue weighted by atomic mass is 35.5. The zero-order valence-corrected chi connectivity index (χ0v) is 12.4. The lowest BCUT2D eigenvalue weighted by molar-refractivity contribution is 1.29. The molecule has 3 nitrogen and oxygen atoms in total. The molecule has 1 heterocycles. The zero-order chi connectivity index (χ0) is 13.9. The van der Waals surface area contributed by atoms with Gasteiger partial charge >= 0.3 is 0 Å². The molecule has 0 spiro atoms. The highest BCUT2D eigenvalue weighted by molar-refractivity contribution is 7.98. The Morgan fingerprint density at radius 1 is 1.10 bits per heavy atom. The van der Waals surface area contributed by atoms with Gasteiger partial charge in [-0.2, -0.15) is 0 Å². The summed E-state index contributed by atoms with van der Waals surface area (Å²) in [5.41, 5.74) is 3.46. The van der Waals surface area contributed by atoms with Crippen molar-refractivity contribution < 1.29 is 0 Å². The predicted molar refractivity (Wildman–Crippen MR) is 86.1 cm³/mol. The molecule has 100 valence electrons. The molecule has 1 aromatic heterocycles. The van der Waals surface area contributed by atoms with E-state index in [2.05, 4.69) is 27.6 Å². The first-order valence-corrected chi connectivity index (χ1v) is 7.68. The van der Waals surface area contributed by atoms with Crippen molar-refractivity contribution in [3.05, 3.63) is 53.8 Å². The van der Waals surface area contributed by atoms with E-state index >= 15 is 0 Å². The molecular weight excluding hydrogens is 290 g/mol. The normalized spacial score (nSPS) is 10.7. The molecule has 0 fully saturated rings. The Balaban J connectivity index is 2.03. The van der Waals surface area contributed by atoms with Gasteiger partial charge in [0.05, 0.1) is 16.2 Å². The van der Waals surface area contributed by atoms with Gasteiger partial charge in [0, 0.05) is 23.0 Å². The number of benzene rings is 2. The summed E-state index contributed by atoms with van der Waals surface area (Å²) < 4.78 is 0. The van der Waals surface area contributed by atoms with Gasteiger partial charge in [-0.25, -0.2) is 0 Å². The van der Waals surface area contributed by atoms with Gasteiger partial charge in [-0.3, -0.25) is 9.97 Å². The summed E-state index contributed by atoms with van der Waals surface area (Å²) in [6.07, 6.45) is 5.36. The summed E-state index contributed by atoms with van der Waals surface area (Å²) in [6.45, 7) is 0. The molecule has 3 rings (SSSR count). The lowest BCUT2D eigenvalue weighted by Crippen LogP contribution is -1.93. The number of thioether (sulfide) groups is 1. The number of para-hydroxylation sites is 1. The van der Waals surface area contributed by atoms with E-state index in [4.69, 9.17) is 11.6 Å². The first-order valence-electron chi connectivity index (χ1n) is 6.08. The Bertz CT molecular complexity index is 761. The van der Waals surface area contributed by atoms with E-state index in [0.717, 1.165) is 22.4 Å². The van der Waals surface area contributed by atoms with Crippen LogP contribution in [0.1, 0.15) is 0 Å². The van der Waals surface area contributed by atoms with Crippen LogP contribution in [0.15, 0.2) is 53.7 Å². The maximum absolute atomic E-state index is 6.25. The molecular formula is C15H12ClN3S. The van der Waals surface area contributed by atoms with E-state index < -0.39 is 0 Å². The lowest BCUT2D eigenvalue weighted by Gasteiger charge is -2.11. The van der Waals surface area contributed by atoms with E-state index in [1.165, 1.54) is 4.90 Å². The zero-order valence-electron chi connectivity index (χ0n) is 10.8. The van der Waals surface area contributed by atoms with Crippen LogP contribution in [0.4, 0.5) is 11.4 Å². The van der Waals surface area contributed by atoms with Crippen molar-refractivity contribution in [2.24, 2.45) is 0 Å². The van der Waals surface area contributed by atoms with Gasteiger partial charge in [0.1, 0.15) is 5.52 Å². The number of anilines is 2. The largest absolute Gasteiger partial charge is 0.355 e. The summed E-state index contributed by atoms with van der Waals surface area (Å²) in [7, 11) is 0. The standard InChI is InChI=1S/C15H12ClN3S/c1-20-14-5-3-2-4-12(14)19-10-8-11(16)15-13(9-10)17-6-7-18-15/h2-9,19H,1H3. The number of hydrogen-bond acceptors (Lipinski definition) is 4. The molecule has 0 saturated carbocycles. The monoisotopic (exact) mass is 301 g/mol. The third-order valence-electron chi connectivity index (χ3n) is 2.91. The smallest absolute Gasteiger partial charge is 0.107 e. The van der Waals surface area contributed by atoms with Crippen LogP contribution in [0.25, 0.3) is 11.0 Å². The second-order valence-corrected chi connectivity index (χ2v) is 5.46. The van der Waals surface area contributed by atoms with Crippen molar-refractivity contribution in [1.82, 2.24) is 9.97 Å². The van der Waals surface area contributed by atoms with Crippen molar-refractivity contribution in [1.29, 1.82) is 0 Å². The number of nitrogens with zero attached hydrogens (tertiary/aromatic N) is 2. The van der Waals surface area contributed by atoms with Crippen LogP contribution in [0, 0.1) is 0 Å². The van der Waals surface area contributed by atoms with Gasteiger partial charge in [-0.1, -0.05) is 23.7 Å². The van der Waals surface area contributed by atoms with Crippen LogP contribution in [-0.4, -0.2) is 16.2 Å². The Labute approximate surface area is 126 Å². The molecule has 20 heavy (non-hydrogen) atoms. The lowest BCUT2D eigenvalue weighted by atomic mass is 10.2. The fraction of sp³-hybridized carbons (Fsp3) is 0.0667. The van der Waals surface area contributed by atoms with E-state index in [9.17, 15) is 0 Å². The molecule has 0 atom stereocenters. The van der Waals surface area contributed by atoms with Gasteiger partial charge in [0.25, 0.3) is 0 Å². The molecule has 0 aliphatic carbocycles. The van der Waals surface area contributed by atoms with E-state index in [0.29, 0.717) is 5.02 Å². The molecule has 3 aromatic rings. The summed E-state index contributed by atoms with van der Waals surface area (Å²) in [6, 6.07) is 12.0. The quantitative estimate of drug-likeness (QED) is 0.709. The molecule has 5 heteroatoms. The predicted octanol–water partition coefficient (Wildman–Crippen LogP) is 4.75. The highest BCUT2D eigenvalue weighted by Crippen LogP contribution is 2.31. The topological polar surface area (TPSA) is 37.8 Å². The molecule has 0 unspecified atom stereocenters. The first kappa shape index (κ1) is 13.2. The van der Waals surface area contributed by atoms with E-state index in [1.54, 1.807) is 24.2 Å². The summed E-state index contributed by atoms with van der Waals surface area (Å²) in [5.74, 6) is 0. The Morgan fingerprint density at radius 3 is 2.75 bits per heavy atom.